The van der Waals surface area contributed by atoms with Crippen molar-refractivity contribution in [2.45, 2.75) is 6.61 Å². The van der Waals surface area contributed by atoms with Gasteiger partial charge in [-0.15, -0.1) is 0 Å². The van der Waals surface area contributed by atoms with Crippen LogP contribution in [0.5, 0.6) is 17.2 Å². The summed E-state index contributed by atoms with van der Waals surface area (Å²) in [4.78, 5) is 0.279. The second kappa shape index (κ2) is 6.95. The zero-order valence-corrected chi connectivity index (χ0v) is 12.8. The summed E-state index contributed by atoms with van der Waals surface area (Å²) < 4.78 is 16.5. The highest BCUT2D eigenvalue weighted by Gasteiger charge is 2.15. The molecular formula is C16H17NO3S. The maximum atomic E-state index is 5.84. The van der Waals surface area contributed by atoms with Crippen LogP contribution in [-0.2, 0) is 6.61 Å². The van der Waals surface area contributed by atoms with Gasteiger partial charge < -0.3 is 19.9 Å². The summed E-state index contributed by atoms with van der Waals surface area (Å²) in [6.07, 6.45) is 0. The maximum absolute atomic E-state index is 5.84. The van der Waals surface area contributed by atoms with Gasteiger partial charge in [-0.2, -0.15) is 0 Å². The van der Waals surface area contributed by atoms with E-state index < -0.39 is 0 Å². The lowest BCUT2D eigenvalue weighted by Crippen LogP contribution is -2.10. The summed E-state index contributed by atoms with van der Waals surface area (Å²) >= 11 is 4.99. The molecule has 0 amide bonds. The molecule has 110 valence electrons. The minimum absolute atomic E-state index is 0.279. The second-order valence-electron chi connectivity index (χ2n) is 4.35. The van der Waals surface area contributed by atoms with Crippen molar-refractivity contribution in [1.82, 2.24) is 0 Å². The molecule has 0 unspecified atom stereocenters. The van der Waals surface area contributed by atoms with Gasteiger partial charge in [-0.25, -0.2) is 0 Å². The molecule has 0 spiro atoms. The lowest BCUT2D eigenvalue weighted by atomic mass is 10.1. The van der Waals surface area contributed by atoms with E-state index in [4.69, 9.17) is 32.2 Å². The fourth-order valence-corrected chi connectivity index (χ4v) is 2.01. The van der Waals surface area contributed by atoms with Gasteiger partial charge in [-0.3, -0.25) is 0 Å². The second-order valence-corrected chi connectivity index (χ2v) is 4.79. The van der Waals surface area contributed by atoms with Crippen LogP contribution in [0.3, 0.4) is 0 Å². The summed E-state index contributed by atoms with van der Waals surface area (Å²) in [5.74, 6) is 1.60. The van der Waals surface area contributed by atoms with Gasteiger partial charge in [0.2, 0.25) is 5.75 Å². The van der Waals surface area contributed by atoms with E-state index in [0.717, 1.165) is 5.56 Å². The lowest BCUT2D eigenvalue weighted by molar-refractivity contribution is 0.266. The lowest BCUT2D eigenvalue weighted by Gasteiger charge is -2.16. The molecule has 0 aliphatic heterocycles. The average Bonchev–Trinajstić information content (AvgIpc) is 2.52. The number of ether oxygens (including phenoxy) is 3. The van der Waals surface area contributed by atoms with E-state index in [1.165, 1.54) is 0 Å². The van der Waals surface area contributed by atoms with Crippen LogP contribution in [0.4, 0.5) is 0 Å². The maximum Gasteiger partial charge on any atom is 0.203 e. The Kier molecular flexibility index (Phi) is 5.00. The van der Waals surface area contributed by atoms with Gasteiger partial charge in [0.1, 0.15) is 11.6 Å². The molecule has 5 heteroatoms. The van der Waals surface area contributed by atoms with Crippen LogP contribution in [-0.4, -0.2) is 19.2 Å². The minimum Gasteiger partial charge on any atom is -0.493 e. The topological polar surface area (TPSA) is 53.7 Å². The van der Waals surface area contributed by atoms with Crippen molar-refractivity contribution in [1.29, 1.82) is 0 Å². The van der Waals surface area contributed by atoms with Gasteiger partial charge in [-0.05, 0) is 17.7 Å². The Bertz CT molecular complexity index is 604. The van der Waals surface area contributed by atoms with Gasteiger partial charge in [0.25, 0.3) is 0 Å². The molecule has 0 bridgehead atoms. The predicted molar refractivity (Wildman–Crippen MR) is 86.2 cm³/mol. The molecule has 0 aromatic heterocycles. The third-order valence-electron chi connectivity index (χ3n) is 2.97. The van der Waals surface area contributed by atoms with Crippen LogP contribution in [0.15, 0.2) is 42.5 Å². The normalized spacial score (nSPS) is 10.0. The molecule has 0 saturated carbocycles. The van der Waals surface area contributed by atoms with Crippen LogP contribution in [0.1, 0.15) is 11.1 Å². The van der Waals surface area contributed by atoms with Crippen LogP contribution in [0.25, 0.3) is 0 Å². The number of hydrogen-bond donors (Lipinski definition) is 1. The Morgan fingerprint density at radius 1 is 1.05 bits per heavy atom. The van der Waals surface area contributed by atoms with E-state index in [1.54, 1.807) is 26.4 Å². The fraction of sp³-hybridized carbons (Fsp3) is 0.188. The van der Waals surface area contributed by atoms with Crippen molar-refractivity contribution in [3.05, 3.63) is 53.6 Å². The third kappa shape index (κ3) is 3.64. The summed E-state index contributed by atoms with van der Waals surface area (Å²) in [5, 5.41) is 0. The Morgan fingerprint density at radius 2 is 1.62 bits per heavy atom. The molecule has 2 N–H and O–H groups in total. The number of thiocarbonyl (C=S) groups is 1. The van der Waals surface area contributed by atoms with Gasteiger partial charge in [0.15, 0.2) is 11.5 Å². The SMILES string of the molecule is COc1cc(C(N)=S)cc(OC)c1OCc1ccccc1. The fourth-order valence-electron chi connectivity index (χ4n) is 1.89. The minimum atomic E-state index is 0.279. The van der Waals surface area contributed by atoms with Crippen molar-refractivity contribution < 1.29 is 14.2 Å². The summed E-state index contributed by atoms with van der Waals surface area (Å²) in [7, 11) is 3.13. The third-order valence-corrected chi connectivity index (χ3v) is 3.21. The summed E-state index contributed by atoms with van der Waals surface area (Å²) in [6, 6.07) is 13.3. The molecular weight excluding hydrogens is 286 g/mol. The molecule has 0 aliphatic rings. The molecule has 4 nitrogen and oxygen atoms in total. The van der Waals surface area contributed by atoms with Crippen LogP contribution in [0, 0.1) is 0 Å². The predicted octanol–water partition coefficient (Wildman–Crippen LogP) is 2.92. The largest absolute Gasteiger partial charge is 0.493 e. The van der Waals surface area contributed by atoms with Gasteiger partial charge in [0.05, 0.1) is 14.2 Å². The molecule has 2 aromatic carbocycles. The molecule has 0 saturated heterocycles. The summed E-state index contributed by atoms with van der Waals surface area (Å²) in [5.41, 5.74) is 7.38. The van der Waals surface area contributed by atoms with Crippen molar-refractivity contribution in [3.8, 4) is 17.2 Å². The highest BCUT2D eigenvalue weighted by molar-refractivity contribution is 7.80. The standard InChI is InChI=1S/C16H17NO3S/c1-18-13-8-12(16(17)21)9-14(19-2)15(13)20-10-11-6-4-3-5-7-11/h3-9H,10H2,1-2H3,(H2,17,21). The van der Waals surface area contributed by atoms with Crippen LogP contribution >= 0.6 is 12.2 Å². The number of hydrogen-bond acceptors (Lipinski definition) is 4. The van der Waals surface area contributed by atoms with E-state index >= 15 is 0 Å². The van der Waals surface area contributed by atoms with Crippen molar-refractivity contribution in [3.63, 3.8) is 0 Å². The van der Waals surface area contributed by atoms with E-state index in [0.29, 0.717) is 29.4 Å². The van der Waals surface area contributed by atoms with Crippen molar-refractivity contribution >= 4 is 17.2 Å². The van der Waals surface area contributed by atoms with E-state index in [1.807, 2.05) is 30.3 Å². The first kappa shape index (κ1) is 15.1. The first-order valence-electron chi connectivity index (χ1n) is 6.38. The van der Waals surface area contributed by atoms with Gasteiger partial charge >= 0.3 is 0 Å². The quantitative estimate of drug-likeness (QED) is 0.832. The zero-order valence-electron chi connectivity index (χ0n) is 12.0. The first-order chi connectivity index (χ1) is 10.2. The molecule has 0 fully saturated rings. The Labute approximate surface area is 129 Å². The molecule has 21 heavy (non-hydrogen) atoms. The highest BCUT2D eigenvalue weighted by Crippen LogP contribution is 2.39. The van der Waals surface area contributed by atoms with Gasteiger partial charge in [-0.1, -0.05) is 42.5 Å². The van der Waals surface area contributed by atoms with E-state index in [-0.39, 0.29) is 4.99 Å². The zero-order chi connectivity index (χ0) is 15.2. The number of methoxy groups -OCH3 is 2. The first-order valence-corrected chi connectivity index (χ1v) is 6.79. The van der Waals surface area contributed by atoms with Crippen molar-refractivity contribution in [2.24, 2.45) is 5.73 Å². The van der Waals surface area contributed by atoms with E-state index in [9.17, 15) is 0 Å². The number of benzene rings is 2. The van der Waals surface area contributed by atoms with E-state index in [2.05, 4.69) is 0 Å². The van der Waals surface area contributed by atoms with Gasteiger partial charge in [0, 0.05) is 5.56 Å². The Balaban J connectivity index is 2.31. The average molecular weight is 303 g/mol. The summed E-state index contributed by atoms with van der Waals surface area (Å²) in [6.45, 7) is 0.417. The smallest absolute Gasteiger partial charge is 0.203 e. The molecule has 0 aliphatic carbocycles. The molecule has 2 aromatic rings. The Hall–Kier alpha value is -2.27. The van der Waals surface area contributed by atoms with Crippen LogP contribution < -0.4 is 19.9 Å². The monoisotopic (exact) mass is 303 g/mol. The molecule has 2 rings (SSSR count). The highest BCUT2D eigenvalue weighted by atomic mass is 32.1. The number of nitrogens with two attached hydrogens (primary N) is 1. The molecule has 0 atom stereocenters. The Morgan fingerprint density at radius 3 is 2.10 bits per heavy atom. The van der Waals surface area contributed by atoms with Crippen molar-refractivity contribution in [2.75, 3.05) is 14.2 Å². The van der Waals surface area contributed by atoms with Crippen LogP contribution in [0.2, 0.25) is 0 Å². The number of rotatable bonds is 6. The molecule has 0 heterocycles. The molecule has 0 radical (unpaired) electrons.